The average molecular weight is 287 g/mol. The van der Waals surface area contributed by atoms with E-state index in [-0.39, 0.29) is 5.91 Å². The van der Waals surface area contributed by atoms with Gasteiger partial charge in [-0.05, 0) is 31.4 Å². The van der Waals surface area contributed by atoms with Gasteiger partial charge in [-0.3, -0.25) is 9.89 Å². The van der Waals surface area contributed by atoms with Crippen LogP contribution in [0.25, 0.3) is 11.5 Å². The molecule has 1 fully saturated rings. The number of amides is 1. The van der Waals surface area contributed by atoms with Gasteiger partial charge in [0.1, 0.15) is 11.5 Å². The van der Waals surface area contributed by atoms with E-state index in [0.29, 0.717) is 11.5 Å². The second-order valence-electron chi connectivity index (χ2n) is 5.77. The van der Waals surface area contributed by atoms with E-state index < -0.39 is 0 Å². The summed E-state index contributed by atoms with van der Waals surface area (Å²) in [5.74, 6) is 2.19. The van der Waals surface area contributed by atoms with Crippen LogP contribution < -0.4 is 5.32 Å². The van der Waals surface area contributed by atoms with Crippen molar-refractivity contribution < 1.29 is 9.21 Å². The van der Waals surface area contributed by atoms with Crippen LogP contribution in [-0.4, -0.2) is 22.6 Å². The summed E-state index contributed by atoms with van der Waals surface area (Å²) in [6.07, 6.45) is 6.36. The van der Waals surface area contributed by atoms with Crippen molar-refractivity contribution in [3.63, 3.8) is 0 Å². The molecule has 2 heterocycles. The highest BCUT2D eigenvalue weighted by atomic mass is 16.3. The first-order valence-corrected chi connectivity index (χ1v) is 7.63. The standard InChI is InChI=1S/C16H21N3O2/c1-11-6-7-15(21-11)13-10-14(19-18-13)16(20)17-9-8-12-4-2-3-5-12/h6-7,10,12H,2-5,8-9H2,1H3,(H,17,20)(H,18,19). The fourth-order valence-corrected chi connectivity index (χ4v) is 2.92. The monoisotopic (exact) mass is 287 g/mol. The molecule has 0 atom stereocenters. The van der Waals surface area contributed by atoms with Gasteiger partial charge in [0.25, 0.3) is 5.91 Å². The summed E-state index contributed by atoms with van der Waals surface area (Å²) < 4.78 is 5.51. The van der Waals surface area contributed by atoms with Crippen LogP contribution in [0, 0.1) is 12.8 Å². The van der Waals surface area contributed by atoms with Crippen molar-refractivity contribution in [2.45, 2.75) is 39.0 Å². The van der Waals surface area contributed by atoms with Gasteiger partial charge in [0.05, 0.1) is 0 Å². The first kappa shape index (κ1) is 13.9. The van der Waals surface area contributed by atoms with Crippen LogP contribution in [0.5, 0.6) is 0 Å². The Labute approximate surface area is 124 Å². The van der Waals surface area contributed by atoms with E-state index in [2.05, 4.69) is 15.5 Å². The number of aromatic nitrogens is 2. The molecule has 2 aromatic heterocycles. The molecule has 1 aliphatic rings. The van der Waals surface area contributed by atoms with Gasteiger partial charge in [0, 0.05) is 12.6 Å². The number of carbonyl (C=O) groups is 1. The van der Waals surface area contributed by atoms with Crippen LogP contribution in [0.3, 0.4) is 0 Å². The third kappa shape index (κ3) is 3.35. The smallest absolute Gasteiger partial charge is 0.271 e. The van der Waals surface area contributed by atoms with Crippen LogP contribution in [-0.2, 0) is 0 Å². The second-order valence-corrected chi connectivity index (χ2v) is 5.77. The van der Waals surface area contributed by atoms with Gasteiger partial charge in [-0.25, -0.2) is 0 Å². The second kappa shape index (κ2) is 6.16. The Morgan fingerprint density at radius 2 is 2.24 bits per heavy atom. The molecule has 0 spiro atoms. The molecular formula is C16H21N3O2. The van der Waals surface area contributed by atoms with Gasteiger partial charge in [-0.1, -0.05) is 25.7 Å². The predicted octanol–water partition coefficient (Wildman–Crippen LogP) is 3.29. The lowest BCUT2D eigenvalue weighted by molar-refractivity contribution is 0.0946. The summed E-state index contributed by atoms with van der Waals surface area (Å²) in [5, 5.41) is 9.84. The number of aromatic amines is 1. The highest BCUT2D eigenvalue weighted by Gasteiger charge is 2.16. The molecule has 0 aromatic carbocycles. The molecule has 1 amide bonds. The Morgan fingerprint density at radius 3 is 2.95 bits per heavy atom. The molecule has 5 heteroatoms. The van der Waals surface area contributed by atoms with Gasteiger partial charge < -0.3 is 9.73 Å². The fourth-order valence-electron chi connectivity index (χ4n) is 2.92. The minimum absolute atomic E-state index is 0.126. The zero-order valence-corrected chi connectivity index (χ0v) is 12.3. The molecule has 21 heavy (non-hydrogen) atoms. The summed E-state index contributed by atoms with van der Waals surface area (Å²) in [7, 11) is 0. The number of H-pyrrole nitrogens is 1. The van der Waals surface area contributed by atoms with E-state index in [1.165, 1.54) is 25.7 Å². The molecule has 0 saturated heterocycles. The minimum Gasteiger partial charge on any atom is -0.460 e. The van der Waals surface area contributed by atoms with Gasteiger partial charge >= 0.3 is 0 Å². The number of nitrogens with zero attached hydrogens (tertiary/aromatic N) is 1. The quantitative estimate of drug-likeness (QED) is 0.886. The van der Waals surface area contributed by atoms with E-state index >= 15 is 0 Å². The summed E-state index contributed by atoms with van der Waals surface area (Å²) in [4.78, 5) is 12.0. The van der Waals surface area contributed by atoms with E-state index in [1.807, 2.05) is 19.1 Å². The van der Waals surface area contributed by atoms with Crippen molar-refractivity contribution in [1.29, 1.82) is 0 Å². The number of nitrogens with one attached hydrogen (secondary N) is 2. The summed E-state index contributed by atoms with van der Waals surface area (Å²) >= 11 is 0. The van der Waals surface area contributed by atoms with Crippen LogP contribution in [0.4, 0.5) is 0 Å². The largest absolute Gasteiger partial charge is 0.460 e. The van der Waals surface area contributed by atoms with Crippen molar-refractivity contribution in [1.82, 2.24) is 15.5 Å². The lowest BCUT2D eigenvalue weighted by Gasteiger charge is -2.08. The average Bonchev–Trinajstić information content (AvgIpc) is 3.19. The van der Waals surface area contributed by atoms with Crippen LogP contribution in [0.2, 0.25) is 0 Å². The molecule has 1 saturated carbocycles. The Morgan fingerprint density at radius 1 is 1.43 bits per heavy atom. The van der Waals surface area contributed by atoms with E-state index in [1.54, 1.807) is 6.07 Å². The topological polar surface area (TPSA) is 70.9 Å². The lowest BCUT2D eigenvalue weighted by atomic mass is 10.0. The lowest BCUT2D eigenvalue weighted by Crippen LogP contribution is -2.25. The molecule has 0 unspecified atom stereocenters. The number of rotatable bonds is 5. The normalized spacial score (nSPS) is 15.5. The predicted molar refractivity (Wildman–Crippen MR) is 79.9 cm³/mol. The molecule has 112 valence electrons. The Kier molecular flexibility index (Phi) is 4.08. The number of furan rings is 1. The van der Waals surface area contributed by atoms with Gasteiger partial charge in [-0.15, -0.1) is 0 Å². The SMILES string of the molecule is Cc1ccc(-c2cc(C(=O)NCCC3CCCC3)n[nH]2)o1. The van der Waals surface area contributed by atoms with Gasteiger partial charge in [0.15, 0.2) is 11.5 Å². The molecule has 0 aliphatic heterocycles. The van der Waals surface area contributed by atoms with Crippen molar-refractivity contribution in [2.24, 2.45) is 5.92 Å². The maximum atomic E-state index is 12.0. The zero-order valence-electron chi connectivity index (χ0n) is 12.3. The number of hydrogen-bond donors (Lipinski definition) is 2. The van der Waals surface area contributed by atoms with Crippen LogP contribution >= 0.6 is 0 Å². The molecule has 5 nitrogen and oxygen atoms in total. The van der Waals surface area contributed by atoms with E-state index in [9.17, 15) is 4.79 Å². The molecule has 0 bridgehead atoms. The maximum absolute atomic E-state index is 12.0. The minimum atomic E-state index is -0.126. The molecule has 0 radical (unpaired) electrons. The first-order chi connectivity index (χ1) is 10.2. The molecule has 2 N–H and O–H groups in total. The Bertz CT molecular complexity index is 609. The number of hydrogen-bond acceptors (Lipinski definition) is 3. The van der Waals surface area contributed by atoms with Crippen molar-refractivity contribution >= 4 is 5.91 Å². The molecule has 2 aromatic rings. The van der Waals surface area contributed by atoms with Crippen molar-refractivity contribution in [3.05, 3.63) is 29.7 Å². The number of aryl methyl sites for hydroxylation is 1. The van der Waals surface area contributed by atoms with Crippen LogP contribution in [0.1, 0.15) is 48.4 Å². The third-order valence-electron chi connectivity index (χ3n) is 4.13. The molecule has 3 rings (SSSR count). The van der Waals surface area contributed by atoms with Gasteiger partial charge in [0.2, 0.25) is 0 Å². The highest BCUT2D eigenvalue weighted by Crippen LogP contribution is 2.27. The third-order valence-corrected chi connectivity index (χ3v) is 4.13. The zero-order chi connectivity index (χ0) is 14.7. The van der Waals surface area contributed by atoms with Gasteiger partial charge in [-0.2, -0.15) is 5.10 Å². The highest BCUT2D eigenvalue weighted by molar-refractivity contribution is 5.93. The summed E-state index contributed by atoms with van der Waals surface area (Å²) in [5.41, 5.74) is 1.13. The van der Waals surface area contributed by atoms with E-state index in [4.69, 9.17) is 4.42 Å². The maximum Gasteiger partial charge on any atom is 0.271 e. The number of carbonyl (C=O) groups excluding carboxylic acids is 1. The summed E-state index contributed by atoms with van der Waals surface area (Å²) in [6, 6.07) is 5.48. The van der Waals surface area contributed by atoms with Crippen molar-refractivity contribution in [2.75, 3.05) is 6.54 Å². The summed E-state index contributed by atoms with van der Waals surface area (Å²) in [6.45, 7) is 2.61. The Hall–Kier alpha value is -2.04. The van der Waals surface area contributed by atoms with Crippen molar-refractivity contribution in [3.8, 4) is 11.5 Å². The molecular weight excluding hydrogens is 266 g/mol. The Balaban J connectivity index is 1.54. The van der Waals surface area contributed by atoms with E-state index in [0.717, 1.165) is 30.3 Å². The molecule has 1 aliphatic carbocycles. The fraction of sp³-hybridized carbons (Fsp3) is 0.500. The van der Waals surface area contributed by atoms with Crippen LogP contribution in [0.15, 0.2) is 22.6 Å². The first-order valence-electron chi connectivity index (χ1n) is 7.63.